The topological polar surface area (TPSA) is 183 Å². The molecule has 55 heavy (non-hydrogen) atoms. The SMILES string of the molecule is CC.CC.CC(=O)CCCS(C)(=O)=O.COS(=O)(=O)c1cc(Nc2ccccc2)c2c3c(c(C(=O)OCc4ccccc4)c(=O)[nH]c13)-c1ccccc1C2=O. The highest BCUT2D eigenvalue weighted by molar-refractivity contribution is 7.90. The van der Waals surface area contributed by atoms with E-state index in [2.05, 4.69) is 10.3 Å². The predicted molar refractivity (Wildman–Crippen MR) is 215 cm³/mol. The van der Waals surface area contributed by atoms with Gasteiger partial charge >= 0.3 is 5.97 Å². The second-order valence-electron chi connectivity index (χ2n) is 11.7. The molecular weight excluding hydrogens is 745 g/mol. The predicted octanol–water partition coefficient (Wildman–Crippen LogP) is 7.63. The van der Waals surface area contributed by atoms with Crippen molar-refractivity contribution in [2.24, 2.45) is 0 Å². The Balaban J connectivity index is 0.000000502. The first-order valence-electron chi connectivity index (χ1n) is 17.6. The third-order valence-electron chi connectivity index (χ3n) is 7.93. The van der Waals surface area contributed by atoms with Crippen LogP contribution in [0.15, 0.2) is 101 Å². The molecule has 0 bridgehead atoms. The number of H-pyrrole nitrogens is 1. The summed E-state index contributed by atoms with van der Waals surface area (Å²) in [4.78, 5) is 53.6. The van der Waals surface area contributed by atoms with E-state index in [-0.39, 0.29) is 61.9 Å². The number of hydrogen-bond acceptors (Lipinski definition) is 11. The number of sulfone groups is 1. The summed E-state index contributed by atoms with van der Waals surface area (Å²) in [5.41, 5.74) is 0.878. The molecule has 1 aliphatic carbocycles. The molecule has 6 rings (SSSR count). The van der Waals surface area contributed by atoms with Crippen LogP contribution in [0.5, 0.6) is 0 Å². The van der Waals surface area contributed by atoms with Crippen LogP contribution in [0, 0.1) is 0 Å². The van der Waals surface area contributed by atoms with Gasteiger partial charge in [0.25, 0.3) is 15.7 Å². The molecule has 14 heteroatoms. The Hall–Kier alpha value is -5.44. The fraction of sp³-hybridized carbons (Fsp3) is 0.268. The maximum atomic E-state index is 14.0. The zero-order chi connectivity index (χ0) is 40.9. The molecule has 0 amide bonds. The number of hydrogen-bond donors (Lipinski definition) is 2. The Morgan fingerprint density at radius 2 is 1.35 bits per heavy atom. The molecule has 0 saturated heterocycles. The minimum absolute atomic E-state index is 0.0450. The molecule has 0 unspecified atom stereocenters. The van der Waals surface area contributed by atoms with Gasteiger partial charge in [0.2, 0.25) is 0 Å². The molecule has 1 aromatic heterocycles. The van der Waals surface area contributed by atoms with Gasteiger partial charge in [-0.05, 0) is 42.7 Å². The van der Waals surface area contributed by atoms with Crippen molar-refractivity contribution >= 4 is 59.8 Å². The molecule has 0 spiro atoms. The van der Waals surface area contributed by atoms with Crippen molar-refractivity contribution in [3.63, 3.8) is 0 Å². The summed E-state index contributed by atoms with van der Waals surface area (Å²) in [5, 5.41) is 3.23. The monoisotopic (exact) mass is 790 g/mol. The van der Waals surface area contributed by atoms with E-state index in [0.717, 1.165) is 7.11 Å². The van der Waals surface area contributed by atoms with Gasteiger partial charge in [0, 0.05) is 34.9 Å². The number of pyridine rings is 1. The molecule has 1 aliphatic rings. The summed E-state index contributed by atoms with van der Waals surface area (Å²) in [6.07, 6.45) is 1.99. The smallest absolute Gasteiger partial charge is 0.344 e. The van der Waals surface area contributed by atoms with Crippen LogP contribution in [0.2, 0.25) is 0 Å². The fourth-order valence-electron chi connectivity index (χ4n) is 5.62. The Kier molecular flexibility index (Phi) is 15.8. The number of rotatable bonds is 11. The van der Waals surface area contributed by atoms with E-state index in [1.165, 1.54) is 19.2 Å². The number of aromatic amines is 1. The van der Waals surface area contributed by atoms with Crippen LogP contribution in [-0.4, -0.2) is 58.5 Å². The number of para-hydroxylation sites is 1. The summed E-state index contributed by atoms with van der Waals surface area (Å²) in [7, 11) is -6.26. The number of nitrogens with one attached hydrogen (secondary N) is 2. The highest BCUT2D eigenvalue weighted by Crippen LogP contribution is 2.45. The van der Waals surface area contributed by atoms with Crippen LogP contribution in [0.25, 0.3) is 22.0 Å². The van der Waals surface area contributed by atoms with E-state index in [0.29, 0.717) is 29.7 Å². The van der Waals surface area contributed by atoms with E-state index in [1.807, 2.05) is 39.8 Å². The Labute approximate surface area is 322 Å². The van der Waals surface area contributed by atoms with Crippen LogP contribution in [-0.2, 0) is 40.3 Å². The van der Waals surface area contributed by atoms with E-state index >= 15 is 0 Å². The first-order chi connectivity index (χ1) is 26.2. The third kappa shape index (κ3) is 10.8. The lowest BCUT2D eigenvalue weighted by molar-refractivity contribution is -0.117. The molecule has 1 heterocycles. The normalized spacial score (nSPS) is 11.4. The summed E-state index contributed by atoms with van der Waals surface area (Å²) in [6.45, 7) is 9.37. The highest BCUT2D eigenvalue weighted by atomic mass is 32.2. The molecular formula is C41H46N2O10S2. The van der Waals surface area contributed by atoms with Gasteiger partial charge < -0.3 is 19.8 Å². The van der Waals surface area contributed by atoms with Gasteiger partial charge in [-0.1, -0.05) is 100 Å². The maximum Gasteiger partial charge on any atom is 0.344 e. The van der Waals surface area contributed by atoms with E-state index in [1.54, 1.807) is 72.8 Å². The average Bonchev–Trinajstić information content (AvgIpc) is 3.18. The Bertz CT molecular complexity index is 2430. The van der Waals surface area contributed by atoms with Crippen molar-refractivity contribution in [1.29, 1.82) is 0 Å². The van der Waals surface area contributed by atoms with Crippen LogP contribution in [0.4, 0.5) is 11.4 Å². The lowest BCUT2D eigenvalue weighted by Gasteiger charge is -2.25. The molecule has 292 valence electrons. The van der Waals surface area contributed by atoms with Gasteiger partial charge in [-0.3, -0.25) is 13.8 Å². The second kappa shape index (κ2) is 19.8. The van der Waals surface area contributed by atoms with E-state index in [4.69, 9.17) is 8.92 Å². The molecule has 5 aromatic rings. The van der Waals surface area contributed by atoms with Gasteiger partial charge in [-0.15, -0.1) is 0 Å². The number of ether oxygens (including phenoxy) is 1. The zero-order valence-corrected chi connectivity index (χ0v) is 33.5. The van der Waals surface area contributed by atoms with E-state index in [9.17, 15) is 36.0 Å². The molecule has 2 N–H and O–H groups in total. The largest absolute Gasteiger partial charge is 0.457 e. The standard InChI is InChI=1S/C31H22N2O7S.C6H12O3S.2C2H6/c1-39-41(37,38)23-16-22(32-19-12-6-3-7-13-19)25-26-24(20-14-8-9-15-21(20)29(25)34)27(30(35)33-28(23)26)31(36)40-17-18-10-4-2-5-11-18;1-6(7)4-3-5-10(2,8)9;2*1-2/h2-16,32H,17H2,1H3,(H,33,35);3-5H2,1-2H3;2*1-2H3. The minimum atomic E-state index is -4.39. The first kappa shape index (κ1) is 44.0. The van der Waals surface area contributed by atoms with E-state index < -0.39 is 37.3 Å². The number of benzene rings is 4. The van der Waals surface area contributed by atoms with Crippen molar-refractivity contribution in [1.82, 2.24) is 4.98 Å². The lowest BCUT2D eigenvalue weighted by Crippen LogP contribution is -2.26. The van der Waals surface area contributed by atoms with Crippen molar-refractivity contribution in [2.75, 3.05) is 24.4 Å². The number of fused-ring (bicyclic) bond motifs is 2. The van der Waals surface area contributed by atoms with Crippen molar-refractivity contribution in [3.8, 4) is 11.1 Å². The zero-order valence-electron chi connectivity index (χ0n) is 31.9. The molecule has 12 nitrogen and oxygen atoms in total. The third-order valence-corrected chi connectivity index (χ3v) is 10.3. The second-order valence-corrected chi connectivity index (χ2v) is 15.7. The highest BCUT2D eigenvalue weighted by Gasteiger charge is 2.36. The fourth-order valence-corrected chi connectivity index (χ4v) is 7.14. The number of anilines is 2. The van der Waals surface area contributed by atoms with Crippen LogP contribution >= 0.6 is 0 Å². The number of Topliss-reactive ketones (excluding diaryl/α,β-unsaturated/α-hetero) is 1. The summed E-state index contributed by atoms with van der Waals surface area (Å²) < 4.78 is 57.6. The minimum Gasteiger partial charge on any atom is -0.457 e. The van der Waals surface area contributed by atoms with Crippen molar-refractivity contribution < 1.29 is 40.1 Å². The van der Waals surface area contributed by atoms with Gasteiger partial charge in [0.15, 0.2) is 5.78 Å². The summed E-state index contributed by atoms with van der Waals surface area (Å²) >= 11 is 0. The Morgan fingerprint density at radius 3 is 1.91 bits per heavy atom. The molecule has 0 fully saturated rings. The summed E-state index contributed by atoms with van der Waals surface area (Å²) in [5.74, 6) is -1.16. The van der Waals surface area contributed by atoms with Gasteiger partial charge in [-0.2, -0.15) is 8.42 Å². The number of aromatic nitrogens is 1. The van der Waals surface area contributed by atoms with Crippen molar-refractivity contribution in [2.45, 2.75) is 59.0 Å². The summed E-state index contributed by atoms with van der Waals surface area (Å²) in [6, 6.07) is 25.6. The molecule has 0 saturated carbocycles. The van der Waals surface area contributed by atoms with Crippen molar-refractivity contribution in [3.05, 3.63) is 124 Å². The van der Waals surface area contributed by atoms with Crippen LogP contribution in [0.3, 0.4) is 0 Å². The first-order valence-corrected chi connectivity index (χ1v) is 21.1. The molecule has 0 aliphatic heterocycles. The molecule has 0 radical (unpaired) electrons. The van der Waals surface area contributed by atoms with Crippen LogP contribution < -0.4 is 10.9 Å². The van der Waals surface area contributed by atoms with Crippen LogP contribution in [0.1, 0.15) is 79.3 Å². The molecule has 4 aromatic carbocycles. The number of carbonyl (C=O) groups excluding carboxylic acids is 3. The number of carbonyl (C=O) groups is 3. The molecule has 0 atom stereocenters. The quantitative estimate of drug-likeness (QED) is 0.0972. The maximum absolute atomic E-state index is 14.0. The lowest BCUT2D eigenvalue weighted by atomic mass is 9.81. The number of ketones is 2. The van der Waals surface area contributed by atoms with Gasteiger partial charge in [0.05, 0.1) is 29.6 Å². The van der Waals surface area contributed by atoms with Gasteiger partial charge in [-0.25, -0.2) is 13.2 Å². The number of esters is 1. The Morgan fingerprint density at radius 1 is 0.782 bits per heavy atom. The average molecular weight is 791 g/mol. The van der Waals surface area contributed by atoms with Gasteiger partial charge in [0.1, 0.15) is 32.7 Å².